The van der Waals surface area contributed by atoms with Gasteiger partial charge in [0, 0.05) is 282 Å². The van der Waals surface area contributed by atoms with Crippen LogP contribution in [0.3, 0.4) is 0 Å². The van der Waals surface area contributed by atoms with Crippen molar-refractivity contribution in [1.29, 1.82) is 0 Å². The van der Waals surface area contributed by atoms with Crippen LogP contribution in [0.25, 0.3) is 0 Å². The summed E-state index contributed by atoms with van der Waals surface area (Å²) in [6.45, 7) is 10.6. The molecule has 0 aromatic heterocycles. The predicted molar refractivity (Wildman–Crippen MR) is 226 cm³/mol. The largest absolute Gasteiger partial charge is 0.748 e. The molecule has 5 unspecified atom stereocenters. The molecule has 5 rings (SSSR count). The SMILES string of the molecule is CCC1(CC)C(=CC=CC(=CC=CC2=[N+](CCCS(=O)(=O)[O-])c3cc[c-]cc3C2(CC)CC)OCC2OC(O)C(O)C(O)C2O)N(CCCS(=O)(=O)[O-])c2ccc(C)cc21.[Y].[Y].[Y].[Y].[Y].[Y].[Y]. The summed E-state index contributed by atoms with van der Waals surface area (Å²) in [6, 6.07) is 15.0. The Labute approximate surface area is 574 Å². The minimum absolute atomic E-state index is 0. The van der Waals surface area contributed by atoms with Gasteiger partial charge in [0.05, 0.1) is 20.2 Å². The molecule has 23 heteroatoms. The van der Waals surface area contributed by atoms with Crippen molar-refractivity contribution in [2.45, 2.75) is 115 Å². The van der Waals surface area contributed by atoms with E-state index in [-0.39, 0.29) is 261 Å². The van der Waals surface area contributed by atoms with Gasteiger partial charge in [-0.3, -0.25) is 0 Å². The van der Waals surface area contributed by atoms with Crippen LogP contribution >= 0.6 is 0 Å². The summed E-state index contributed by atoms with van der Waals surface area (Å²) >= 11 is 0. The second-order valence-corrected chi connectivity index (χ2v) is 18.7. The Morgan fingerprint density at radius 1 is 0.821 bits per heavy atom. The molecule has 2 aromatic carbocycles. The normalized spacial score (nSPS) is 22.3. The van der Waals surface area contributed by atoms with Gasteiger partial charge < -0.3 is 43.9 Å². The van der Waals surface area contributed by atoms with Crippen LogP contribution in [0, 0.1) is 13.0 Å². The van der Waals surface area contributed by atoms with Crippen LogP contribution in [0.5, 0.6) is 0 Å². The van der Waals surface area contributed by atoms with Crippen molar-refractivity contribution in [2.75, 3.05) is 36.1 Å². The van der Waals surface area contributed by atoms with E-state index >= 15 is 0 Å². The van der Waals surface area contributed by atoms with Gasteiger partial charge in [0.2, 0.25) is 0 Å². The second-order valence-electron chi connectivity index (χ2n) is 15.6. The van der Waals surface area contributed by atoms with Gasteiger partial charge in [-0.15, -0.1) is 6.07 Å². The first-order valence-electron chi connectivity index (χ1n) is 20.5. The molecule has 4 N–H and O–H groups in total. The summed E-state index contributed by atoms with van der Waals surface area (Å²) in [5.74, 6) is -0.725. The van der Waals surface area contributed by atoms with E-state index in [4.69, 9.17) is 9.47 Å². The molecule has 0 aliphatic carbocycles. The van der Waals surface area contributed by atoms with E-state index in [1.54, 1.807) is 30.4 Å². The monoisotopic (exact) mass is 1490 g/mol. The average molecular weight is 1490 g/mol. The second kappa shape index (κ2) is 34.0. The molecule has 0 bridgehead atoms. The zero-order valence-corrected chi connectivity index (χ0v) is 60.4. The van der Waals surface area contributed by atoms with Crippen molar-refractivity contribution in [2.24, 2.45) is 0 Å². The number of allylic oxidation sites excluding steroid dienone is 7. The summed E-state index contributed by atoms with van der Waals surface area (Å²) in [4.78, 5) is 2.06. The van der Waals surface area contributed by atoms with E-state index in [1.807, 2.05) is 47.9 Å². The van der Waals surface area contributed by atoms with Gasteiger partial charge in [-0.1, -0.05) is 63.1 Å². The van der Waals surface area contributed by atoms with Crippen molar-refractivity contribution in [3.05, 3.63) is 107 Å². The summed E-state index contributed by atoms with van der Waals surface area (Å²) in [5, 5.41) is 41.2. The van der Waals surface area contributed by atoms with Crippen LogP contribution in [-0.4, -0.2) is 119 Å². The molecule has 7 radical (unpaired) electrons. The first-order chi connectivity index (χ1) is 28.4. The molecule has 0 amide bonds. The fraction of sp³-hybridized carbons (Fsp3) is 0.523. The van der Waals surface area contributed by atoms with Crippen molar-refractivity contribution in [1.82, 2.24) is 0 Å². The van der Waals surface area contributed by atoms with E-state index in [0.29, 0.717) is 19.4 Å². The van der Waals surface area contributed by atoms with Gasteiger partial charge in [-0.2, -0.15) is 18.2 Å². The zero-order valence-electron chi connectivity index (χ0n) is 38.9. The van der Waals surface area contributed by atoms with Gasteiger partial charge >= 0.3 is 0 Å². The Morgan fingerprint density at radius 2 is 1.42 bits per heavy atom. The molecule has 5 atom stereocenters. The van der Waals surface area contributed by atoms with Crippen molar-refractivity contribution in [3.8, 4) is 0 Å². The number of aliphatic hydroxyl groups excluding tert-OH is 4. The molecule has 1 saturated heterocycles. The Morgan fingerprint density at radius 3 is 2.00 bits per heavy atom. The van der Waals surface area contributed by atoms with Crippen LogP contribution < -0.4 is 4.90 Å². The topological polar surface area (TPSA) is 220 Å². The maximum Gasteiger partial charge on any atom is 0.184 e. The van der Waals surface area contributed by atoms with E-state index in [1.165, 1.54) is 0 Å². The van der Waals surface area contributed by atoms with Gasteiger partial charge in [0.15, 0.2) is 12.0 Å². The molecule has 3 aliphatic heterocycles. The maximum atomic E-state index is 11.6. The number of ether oxygens (including phenoxy) is 2. The fourth-order valence-corrected chi connectivity index (χ4v) is 9.96. The third-order valence-corrected chi connectivity index (χ3v) is 13.8. The zero-order chi connectivity index (χ0) is 44.0. The van der Waals surface area contributed by atoms with E-state index in [9.17, 15) is 46.4 Å². The number of nitrogens with zero attached hydrogens (tertiary/aromatic N) is 2. The molecule has 2 aromatic rings. The van der Waals surface area contributed by atoms with Crippen LogP contribution in [0.1, 0.15) is 82.9 Å². The summed E-state index contributed by atoms with van der Waals surface area (Å²) in [5.41, 5.74) is 5.98. The molecular formula is C44H58N2O12S2Y7-2. The van der Waals surface area contributed by atoms with Gasteiger partial charge in [0.25, 0.3) is 0 Å². The van der Waals surface area contributed by atoms with Crippen molar-refractivity contribution < 1.29 is 289 Å². The minimum Gasteiger partial charge on any atom is -0.748 e. The molecule has 3 aliphatic rings. The summed E-state index contributed by atoms with van der Waals surface area (Å²) < 4.78 is 83.0. The first-order valence-corrected chi connectivity index (χ1v) is 23.7. The Kier molecular flexibility index (Phi) is 38.2. The number of fused-ring (bicyclic) bond motifs is 2. The Hall–Kier alpha value is 4.02. The number of benzene rings is 2. The van der Waals surface area contributed by atoms with Crippen molar-refractivity contribution >= 4 is 37.3 Å². The predicted octanol–water partition coefficient (Wildman–Crippen LogP) is 4.08. The standard InChI is InChI=1S/C44H60N2O12S2.7Y/c1-6-43(7-2)32-18-10-11-19-34(32)45(24-14-26-59(51,52)53)37(43)20-12-16-31(57-29-36-39(47)40(48)41(49)42(50)58-36)17-13-21-38-44(8-3,9-4)33-28-30(5)22-23-35(33)46(38)25-15-27-60(54,55)56;;;;;;;/h11-13,16-23,28,36,39-42,47-50H,6-9,14-15,24-27,29H2,1-5H3,(H,51,52,53)(H,54,55,56);;;;;;;/p-2. The fourth-order valence-electron chi connectivity index (χ4n) is 8.99. The van der Waals surface area contributed by atoms with Crippen molar-refractivity contribution in [3.63, 3.8) is 0 Å². The molecule has 0 spiro atoms. The quantitative estimate of drug-likeness (QED) is 0.0513. The molecule has 3 heterocycles. The van der Waals surface area contributed by atoms with Crippen LogP contribution in [0.4, 0.5) is 11.4 Å². The number of anilines is 1. The molecule has 351 valence electrons. The molecule has 14 nitrogen and oxygen atoms in total. The van der Waals surface area contributed by atoms with E-state index < -0.39 is 73.3 Å². The number of aryl methyl sites for hydroxylation is 1. The molecule has 67 heavy (non-hydrogen) atoms. The minimum atomic E-state index is -4.43. The number of hydrogen-bond acceptors (Lipinski definition) is 13. The molecule has 1 fully saturated rings. The third kappa shape index (κ3) is 18.9. The van der Waals surface area contributed by atoms with Crippen LogP contribution in [0.2, 0.25) is 0 Å². The Balaban J connectivity index is -0.00000585. The summed E-state index contributed by atoms with van der Waals surface area (Å²) in [7, 11) is -8.86. The van der Waals surface area contributed by atoms with Gasteiger partial charge in [-0.25, -0.2) is 21.4 Å². The third-order valence-electron chi connectivity index (χ3n) is 12.3. The molecule has 0 saturated carbocycles. The van der Waals surface area contributed by atoms with Crippen LogP contribution in [0.15, 0.2) is 84.3 Å². The van der Waals surface area contributed by atoms with Gasteiger partial charge in [-0.05, 0) is 68.9 Å². The number of aliphatic hydroxyl groups is 4. The number of rotatable bonds is 19. The van der Waals surface area contributed by atoms with Gasteiger partial charge in [0.1, 0.15) is 49.0 Å². The van der Waals surface area contributed by atoms with E-state index in [2.05, 4.69) is 44.7 Å². The van der Waals surface area contributed by atoms with Crippen LogP contribution in [-0.2, 0) is 270 Å². The summed E-state index contributed by atoms with van der Waals surface area (Å²) in [6.07, 6.45) is 6.05. The van der Waals surface area contributed by atoms with E-state index in [0.717, 1.165) is 52.3 Å². The smallest absolute Gasteiger partial charge is 0.184 e. The maximum absolute atomic E-state index is 11.6. The number of hydrogen-bond donors (Lipinski definition) is 4. The molecular weight excluding hydrogens is 1430 g/mol. The average Bonchev–Trinajstić information content (AvgIpc) is 3.61. The Bertz CT molecular complexity index is 2260. The first kappa shape index (κ1) is 75.3.